The van der Waals surface area contributed by atoms with Gasteiger partial charge in [-0.2, -0.15) is 0 Å². The van der Waals surface area contributed by atoms with Gasteiger partial charge in [0.25, 0.3) is 5.91 Å². The van der Waals surface area contributed by atoms with Gasteiger partial charge in [0, 0.05) is 29.7 Å². The quantitative estimate of drug-likeness (QED) is 0.725. The molecule has 0 aliphatic carbocycles. The monoisotopic (exact) mass is 416 g/mol. The molecule has 3 rings (SSSR count). The fourth-order valence-corrected chi connectivity index (χ4v) is 3.84. The maximum absolute atomic E-state index is 12.4. The number of rotatable bonds is 4. The minimum atomic E-state index is -0.160. The maximum Gasteiger partial charge on any atom is 0.257 e. The number of benzene rings is 1. The molecular formula is C18H26Cl2N4OS. The number of nitrogen functional groups attached to an aromatic ring is 1. The Balaban J connectivity index is 0.00000169. The second-order valence-electron chi connectivity index (χ2n) is 6.65. The first-order valence-electron chi connectivity index (χ1n) is 8.35. The van der Waals surface area contributed by atoms with Crippen molar-refractivity contribution in [2.45, 2.75) is 33.2 Å². The van der Waals surface area contributed by atoms with Gasteiger partial charge in [0.05, 0.1) is 5.69 Å². The number of carbonyl (C=O) groups excluding carboxylic acids is 1. The Bertz CT molecular complexity index is 738. The number of aromatic nitrogens is 1. The van der Waals surface area contributed by atoms with Crippen LogP contribution in [0, 0.1) is 12.8 Å². The van der Waals surface area contributed by atoms with Gasteiger partial charge in [-0.1, -0.05) is 13.0 Å². The fourth-order valence-electron chi connectivity index (χ4n) is 3.15. The molecule has 144 valence electrons. The third-order valence-electron chi connectivity index (χ3n) is 4.41. The molecule has 0 saturated carbocycles. The predicted octanol–water partition coefficient (Wildman–Crippen LogP) is 4.36. The van der Waals surface area contributed by atoms with Gasteiger partial charge in [-0.05, 0) is 49.9 Å². The Morgan fingerprint density at radius 1 is 1.42 bits per heavy atom. The molecule has 1 fully saturated rings. The van der Waals surface area contributed by atoms with Crippen LogP contribution in [0.15, 0.2) is 23.6 Å². The number of hydrogen-bond acceptors (Lipinski definition) is 5. The smallest absolute Gasteiger partial charge is 0.257 e. The molecule has 5 nitrogen and oxygen atoms in total. The van der Waals surface area contributed by atoms with E-state index in [1.165, 1.54) is 24.2 Å². The molecule has 1 unspecified atom stereocenters. The summed E-state index contributed by atoms with van der Waals surface area (Å²) < 4.78 is 0. The summed E-state index contributed by atoms with van der Waals surface area (Å²) in [5.41, 5.74) is 8.89. The summed E-state index contributed by atoms with van der Waals surface area (Å²) in [6.07, 6.45) is 2.57. The van der Waals surface area contributed by atoms with Gasteiger partial charge in [-0.25, -0.2) is 4.98 Å². The number of aryl methyl sites for hydroxylation is 1. The molecule has 0 spiro atoms. The summed E-state index contributed by atoms with van der Waals surface area (Å²) in [5, 5.41) is 5.56. The van der Waals surface area contributed by atoms with Gasteiger partial charge in [-0.3, -0.25) is 15.0 Å². The third kappa shape index (κ3) is 5.84. The van der Waals surface area contributed by atoms with E-state index in [0.29, 0.717) is 16.4 Å². The molecule has 1 amide bonds. The van der Waals surface area contributed by atoms with E-state index in [1.807, 2.05) is 18.4 Å². The number of nitrogens with one attached hydrogen (secondary N) is 1. The predicted molar refractivity (Wildman–Crippen MR) is 114 cm³/mol. The number of likely N-dealkylation sites (tertiary alicyclic amines) is 1. The lowest BCUT2D eigenvalue weighted by Gasteiger charge is -2.30. The summed E-state index contributed by atoms with van der Waals surface area (Å²) in [5.74, 6) is 0.593. The molecule has 26 heavy (non-hydrogen) atoms. The van der Waals surface area contributed by atoms with Crippen LogP contribution < -0.4 is 11.1 Å². The number of thiazole rings is 1. The zero-order chi connectivity index (χ0) is 17.1. The van der Waals surface area contributed by atoms with E-state index in [4.69, 9.17) is 5.73 Å². The first-order chi connectivity index (χ1) is 11.5. The molecule has 3 N–H and O–H groups in total. The molecule has 1 aliphatic rings. The number of amides is 1. The van der Waals surface area contributed by atoms with Crippen molar-refractivity contribution in [2.24, 2.45) is 5.92 Å². The van der Waals surface area contributed by atoms with Crippen molar-refractivity contribution in [3.8, 4) is 0 Å². The Morgan fingerprint density at radius 2 is 2.19 bits per heavy atom. The van der Waals surface area contributed by atoms with Crippen LogP contribution in [0.4, 0.5) is 10.8 Å². The van der Waals surface area contributed by atoms with E-state index in [0.717, 1.165) is 36.8 Å². The van der Waals surface area contributed by atoms with E-state index in [2.05, 4.69) is 22.1 Å². The van der Waals surface area contributed by atoms with Crippen LogP contribution in [0.2, 0.25) is 0 Å². The highest BCUT2D eigenvalue weighted by Gasteiger charge is 2.18. The van der Waals surface area contributed by atoms with Crippen molar-refractivity contribution in [1.82, 2.24) is 9.88 Å². The van der Waals surface area contributed by atoms with Gasteiger partial charge in [-0.15, -0.1) is 36.2 Å². The summed E-state index contributed by atoms with van der Waals surface area (Å²) in [6.45, 7) is 7.31. The lowest BCUT2D eigenvalue weighted by molar-refractivity contribution is 0.102. The number of nitrogens with zero attached hydrogens (tertiary/aromatic N) is 2. The summed E-state index contributed by atoms with van der Waals surface area (Å²) in [7, 11) is 0. The summed E-state index contributed by atoms with van der Waals surface area (Å²) >= 11 is 1.47. The minimum absolute atomic E-state index is 0. The van der Waals surface area contributed by atoms with Crippen LogP contribution in [-0.4, -0.2) is 28.9 Å². The van der Waals surface area contributed by atoms with E-state index in [1.54, 1.807) is 12.1 Å². The number of halogens is 2. The molecule has 2 heterocycles. The Hall–Kier alpha value is -1.34. The van der Waals surface area contributed by atoms with Gasteiger partial charge in [0.2, 0.25) is 0 Å². The standard InChI is InChI=1S/C18H24N4OS.2ClH/c1-12-4-3-7-22(9-12)10-15-11-24-18(20-15)21-17(23)16-8-14(19)6-5-13(16)2;;/h5-6,8,11-12H,3-4,7,9-10,19H2,1-2H3,(H,20,21,23);2*1H. The normalized spacial score (nSPS) is 17.1. The SMILES string of the molecule is Cc1ccc(N)cc1C(=O)Nc1nc(CN2CCCC(C)C2)cs1.Cl.Cl. The van der Waals surface area contributed by atoms with Crippen LogP contribution in [-0.2, 0) is 6.54 Å². The molecule has 0 bridgehead atoms. The van der Waals surface area contributed by atoms with Gasteiger partial charge in [0.15, 0.2) is 5.13 Å². The van der Waals surface area contributed by atoms with Gasteiger partial charge < -0.3 is 5.73 Å². The Morgan fingerprint density at radius 3 is 2.92 bits per heavy atom. The second kappa shape index (κ2) is 10.1. The highest BCUT2D eigenvalue weighted by Crippen LogP contribution is 2.22. The lowest BCUT2D eigenvalue weighted by Crippen LogP contribution is -2.33. The maximum atomic E-state index is 12.4. The van der Waals surface area contributed by atoms with E-state index in [9.17, 15) is 4.79 Å². The molecule has 8 heteroatoms. The highest BCUT2D eigenvalue weighted by atomic mass is 35.5. The lowest BCUT2D eigenvalue weighted by atomic mass is 10.0. The van der Waals surface area contributed by atoms with Crippen LogP contribution in [0.1, 0.15) is 41.4 Å². The van der Waals surface area contributed by atoms with Gasteiger partial charge in [0.1, 0.15) is 0 Å². The topological polar surface area (TPSA) is 71.2 Å². The number of carbonyl (C=O) groups is 1. The molecule has 1 saturated heterocycles. The van der Waals surface area contributed by atoms with Crippen molar-refractivity contribution in [1.29, 1.82) is 0 Å². The Kier molecular flexibility index (Phi) is 8.83. The molecule has 1 aliphatic heterocycles. The van der Waals surface area contributed by atoms with Gasteiger partial charge >= 0.3 is 0 Å². The molecule has 1 aromatic carbocycles. The Labute approximate surface area is 171 Å². The zero-order valence-corrected chi connectivity index (χ0v) is 17.5. The van der Waals surface area contributed by atoms with Crippen molar-refractivity contribution in [2.75, 3.05) is 24.1 Å². The van der Waals surface area contributed by atoms with Crippen molar-refractivity contribution in [3.63, 3.8) is 0 Å². The van der Waals surface area contributed by atoms with Crippen molar-refractivity contribution in [3.05, 3.63) is 40.4 Å². The van der Waals surface area contributed by atoms with Crippen LogP contribution in [0.25, 0.3) is 0 Å². The number of anilines is 2. The third-order valence-corrected chi connectivity index (χ3v) is 5.21. The first kappa shape index (κ1) is 22.7. The van der Waals surface area contributed by atoms with Crippen LogP contribution in [0.3, 0.4) is 0 Å². The summed E-state index contributed by atoms with van der Waals surface area (Å²) in [4.78, 5) is 19.4. The highest BCUT2D eigenvalue weighted by molar-refractivity contribution is 7.14. The van der Waals surface area contributed by atoms with E-state index >= 15 is 0 Å². The largest absolute Gasteiger partial charge is 0.399 e. The second-order valence-corrected chi connectivity index (χ2v) is 7.51. The number of piperidine rings is 1. The van der Waals surface area contributed by atoms with Crippen LogP contribution in [0.5, 0.6) is 0 Å². The molecule has 1 atom stereocenters. The first-order valence-corrected chi connectivity index (χ1v) is 9.23. The van der Waals surface area contributed by atoms with Crippen molar-refractivity contribution >= 4 is 52.9 Å². The fraction of sp³-hybridized carbons (Fsp3) is 0.444. The zero-order valence-electron chi connectivity index (χ0n) is 15.0. The average molecular weight is 417 g/mol. The molecule has 2 aromatic rings. The van der Waals surface area contributed by atoms with E-state index in [-0.39, 0.29) is 30.7 Å². The van der Waals surface area contributed by atoms with E-state index < -0.39 is 0 Å². The molecular weight excluding hydrogens is 391 g/mol. The minimum Gasteiger partial charge on any atom is -0.399 e. The summed E-state index contributed by atoms with van der Waals surface area (Å²) in [6, 6.07) is 5.36. The average Bonchev–Trinajstić information content (AvgIpc) is 2.96. The van der Waals surface area contributed by atoms with Crippen LogP contribution >= 0.6 is 36.2 Å². The number of nitrogens with two attached hydrogens (primary N) is 1. The molecule has 1 aromatic heterocycles. The molecule has 0 radical (unpaired) electrons. The van der Waals surface area contributed by atoms with Crippen molar-refractivity contribution < 1.29 is 4.79 Å². The number of hydrogen-bond donors (Lipinski definition) is 2.